The number of carboxylic acids is 1. The van der Waals surface area contributed by atoms with Crippen molar-refractivity contribution in [2.75, 3.05) is 0 Å². The zero-order valence-corrected chi connectivity index (χ0v) is 9.28. The molecule has 0 aromatic carbocycles. The highest BCUT2D eigenvalue weighted by atomic mass is 16.4. The Bertz CT molecular complexity index is 410. The first-order chi connectivity index (χ1) is 8.15. The van der Waals surface area contributed by atoms with Crippen LogP contribution in [0.5, 0.6) is 0 Å². The summed E-state index contributed by atoms with van der Waals surface area (Å²) in [5.41, 5.74) is 5.37. The minimum atomic E-state index is -1.01. The van der Waals surface area contributed by atoms with Crippen molar-refractivity contribution in [3.8, 4) is 6.07 Å². The Morgan fingerprint density at radius 1 is 1.65 bits per heavy atom. The van der Waals surface area contributed by atoms with Crippen molar-refractivity contribution in [1.29, 1.82) is 5.26 Å². The van der Waals surface area contributed by atoms with Crippen LogP contribution < -0.4 is 5.73 Å². The lowest BCUT2D eigenvalue weighted by atomic mass is 10.1. The normalized spacial score (nSPS) is 12.0. The van der Waals surface area contributed by atoms with Gasteiger partial charge in [0.2, 0.25) is 0 Å². The number of hydrogen-bond acceptors (Lipinski definition) is 6. The number of carboxylic acid groups (broad SMARTS) is 1. The molecule has 1 rings (SSSR count). The van der Waals surface area contributed by atoms with Crippen LogP contribution in [0.4, 0.5) is 0 Å². The van der Waals surface area contributed by atoms with E-state index in [0.717, 1.165) is 0 Å². The molecule has 17 heavy (non-hydrogen) atoms. The van der Waals surface area contributed by atoms with E-state index in [2.05, 4.69) is 15.5 Å². The molecule has 0 bridgehead atoms. The van der Waals surface area contributed by atoms with E-state index in [1.54, 1.807) is 4.68 Å². The first kappa shape index (κ1) is 13.1. The van der Waals surface area contributed by atoms with Gasteiger partial charge in [-0.25, -0.2) is 4.68 Å². The summed E-state index contributed by atoms with van der Waals surface area (Å²) in [4.78, 5) is 10.5. The molecule has 0 aliphatic heterocycles. The minimum Gasteiger partial charge on any atom is -0.480 e. The van der Waals surface area contributed by atoms with E-state index in [9.17, 15) is 4.79 Å². The third kappa shape index (κ3) is 4.16. The van der Waals surface area contributed by atoms with Gasteiger partial charge in [0.05, 0.1) is 19.0 Å². The molecule has 0 spiro atoms. The highest BCUT2D eigenvalue weighted by molar-refractivity contribution is 5.72. The maximum absolute atomic E-state index is 10.5. The summed E-state index contributed by atoms with van der Waals surface area (Å²) in [6.07, 6.45) is 1.87. The molecule has 8 heteroatoms. The zero-order chi connectivity index (χ0) is 12.7. The van der Waals surface area contributed by atoms with Crippen LogP contribution in [-0.4, -0.2) is 37.3 Å². The van der Waals surface area contributed by atoms with Crippen LogP contribution in [0.3, 0.4) is 0 Å². The number of aliphatic carboxylic acids is 1. The third-order valence-electron chi connectivity index (χ3n) is 2.27. The fourth-order valence-electron chi connectivity index (χ4n) is 1.34. The summed E-state index contributed by atoms with van der Waals surface area (Å²) < 4.78 is 1.55. The molecule has 92 valence electrons. The van der Waals surface area contributed by atoms with Crippen molar-refractivity contribution in [3.63, 3.8) is 0 Å². The number of hydrogen-bond donors (Lipinski definition) is 2. The van der Waals surface area contributed by atoms with E-state index in [1.165, 1.54) is 0 Å². The van der Waals surface area contributed by atoms with Gasteiger partial charge in [0.25, 0.3) is 0 Å². The molecule has 1 heterocycles. The van der Waals surface area contributed by atoms with Crippen molar-refractivity contribution in [3.05, 3.63) is 5.82 Å². The average Bonchev–Trinajstić information content (AvgIpc) is 2.73. The molecule has 0 radical (unpaired) electrons. The van der Waals surface area contributed by atoms with Gasteiger partial charge in [0.1, 0.15) is 6.04 Å². The average molecular weight is 238 g/mol. The summed E-state index contributed by atoms with van der Waals surface area (Å²) >= 11 is 0. The molecule has 1 atom stereocenters. The fraction of sp³-hybridized carbons (Fsp3) is 0.667. The van der Waals surface area contributed by atoms with Gasteiger partial charge >= 0.3 is 5.97 Å². The van der Waals surface area contributed by atoms with Gasteiger partial charge in [-0.1, -0.05) is 0 Å². The van der Waals surface area contributed by atoms with Gasteiger partial charge < -0.3 is 10.8 Å². The van der Waals surface area contributed by atoms with Gasteiger partial charge in [0.15, 0.2) is 5.82 Å². The first-order valence-corrected chi connectivity index (χ1v) is 5.25. The molecular weight excluding hydrogens is 224 g/mol. The molecule has 0 aliphatic rings. The van der Waals surface area contributed by atoms with Crippen molar-refractivity contribution in [2.24, 2.45) is 5.73 Å². The van der Waals surface area contributed by atoms with Crippen LogP contribution in [0.1, 0.15) is 25.1 Å². The number of aryl methyl sites for hydroxylation is 2. The monoisotopic (exact) mass is 238 g/mol. The van der Waals surface area contributed by atoms with Crippen LogP contribution in [0.15, 0.2) is 0 Å². The maximum Gasteiger partial charge on any atom is 0.320 e. The second-order valence-corrected chi connectivity index (χ2v) is 3.56. The number of carbonyl (C=O) groups is 1. The standard InChI is InChI=1S/C9H14N6O2/c10-5-2-6-15-8(12-13-14-15)4-1-3-7(11)9(16)17/h7H,1-4,6,11H2,(H,16,17)/t7-/m0/s1. The quantitative estimate of drug-likeness (QED) is 0.643. The Morgan fingerprint density at radius 2 is 2.41 bits per heavy atom. The topological polar surface area (TPSA) is 131 Å². The smallest absolute Gasteiger partial charge is 0.320 e. The lowest BCUT2D eigenvalue weighted by Crippen LogP contribution is -2.30. The highest BCUT2D eigenvalue weighted by Crippen LogP contribution is 2.03. The molecule has 0 amide bonds. The Balaban J connectivity index is 2.39. The first-order valence-electron chi connectivity index (χ1n) is 5.25. The van der Waals surface area contributed by atoms with Crippen LogP contribution in [-0.2, 0) is 17.8 Å². The van der Waals surface area contributed by atoms with Gasteiger partial charge in [-0.2, -0.15) is 5.26 Å². The SMILES string of the molecule is N#CCCn1nnnc1CCC[C@H](N)C(=O)O. The summed E-state index contributed by atoms with van der Waals surface area (Å²) in [6.45, 7) is 0.448. The maximum atomic E-state index is 10.5. The molecule has 0 unspecified atom stereocenters. The van der Waals surface area contributed by atoms with Gasteiger partial charge in [0, 0.05) is 6.42 Å². The summed E-state index contributed by atoms with van der Waals surface area (Å²) in [5, 5.41) is 28.1. The van der Waals surface area contributed by atoms with Crippen molar-refractivity contribution < 1.29 is 9.90 Å². The lowest BCUT2D eigenvalue weighted by molar-refractivity contribution is -0.138. The van der Waals surface area contributed by atoms with E-state index in [1.807, 2.05) is 6.07 Å². The summed E-state index contributed by atoms with van der Waals surface area (Å²) in [5.74, 6) is -0.355. The lowest BCUT2D eigenvalue weighted by Gasteiger charge is -2.05. The van der Waals surface area contributed by atoms with E-state index in [-0.39, 0.29) is 0 Å². The van der Waals surface area contributed by atoms with Crippen LogP contribution in [0.2, 0.25) is 0 Å². The Hall–Kier alpha value is -2.01. The summed E-state index contributed by atoms with van der Waals surface area (Å²) in [6, 6.07) is 1.16. The largest absolute Gasteiger partial charge is 0.480 e. The van der Waals surface area contributed by atoms with E-state index >= 15 is 0 Å². The van der Waals surface area contributed by atoms with E-state index in [0.29, 0.717) is 38.1 Å². The molecule has 8 nitrogen and oxygen atoms in total. The van der Waals surface area contributed by atoms with Crippen molar-refractivity contribution in [1.82, 2.24) is 20.2 Å². The third-order valence-corrected chi connectivity index (χ3v) is 2.27. The second kappa shape index (κ2) is 6.55. The number of aromatic nitrogens is 4. The number of nitrogens with two attached hydrogens (primary N) is 1. The number of rotatable bonds is 7. The molecule has 0 saturated carbocycles. The highest BCUT2D eigenvalue weighted by Gasteiger charge is 2.12. The van der Waals surface area contributed by atoms with Crippen LogP contribution in [0.25, 0.3) is 0 Å². The molecule has 3 N–H and O–H groups in total. The number of nitrogens with zero attached hydrogens (tertiary/aromatic N) is 5. The Morgan fingerprint density at radius 3 is 3.06 bits per heavy atom. The van der Waals surface area contributed by atoms with Crippen LogP contribution >= 0.6 is 0 Å². The van der Waals surface area contributed by atoms with Gasteiger partial charge in [-0.05, 0) is 23.3 Å². The van der Waals surface area contributed by atoms with Crippen molar-refractivity contribution >= 4 is 5.97 Å². The zero-order valence-electron chi connectivity index (χ0n) is 9.28. The predicted octanol–water partition coefficient (Wildman–Crippen LogP) is -0.679. The minimum absolute atomic E-state index is 0.340. The molecule has 0 fully saturated rings. The Kier molecular flexibility index (Phi) is 5.03. The number of nitriles is 1. The van der Waals surface area contributed by atoms with Gasteiger partial charge in [-0.15, -0.1) is 5.10 Å². The number of tetrazole rings is 1. The van der Waals surface area contributed by atoms with Crippen molar-refractivity contribution in [2.45, 2.75) is 38.3 Å². The molecule has 0 saturated heterocycles. The van der Waals surface area contributed by atoms with E-state index in [4.69, 9.17) is 16.1 Å². The second-order valence-electron chi connectivity index (χ2n) is 3.56. The fourth-order valence-corrected chi connectivity index (χ4v) is 1.34. The Labute approximate surface area is 98.0 Å². The van der Waals surface area contributed by atoms with Gasteiger partial charge in [-0.3, -0.25) is 4.79 Å². The summed E-state index contributed by atoms with van der Waals surface area (Å²) in [7, 11) is 0. The molecule has 0 aliphatic carbocycles. The van der Waals surface area contributed by atoms with Crippen LogP contribution in [0, 0.1) is 11.3 Å². The van der Waals surface area contributed by atoms with E-state index < -0.39 is 12.0 Å². The molecule has 1 aromatic heterocycles. The molecular formula is C9H14N6O2. The molecule has 1 aromatic rings. The predicted molar refractivity (Wildman–Crippen MR) is 56.6 cm³/mol.